The van der Waals surface area contributed by atoms with Crippen LogP contribution in [0, 0.1) is 0 Å². The Labute approximate surface area is 113 Å². The highest BCUT2D eigenvalue weighted by Crippen LogP contribution is 2.27. The molecular weight excluding hydrogens is 310 g/mol. The first-order chi connectivity index (χ1) is 7.74. The maximum absolute atomic E-state index is 12.3. The van der Waals surface area contributed by atoms with E-state index in [1.54, 1.807) is 0 Å². The Morgan fingerprint density at radius 1 is 1.62 bits per heavy atom. The lowest BCUT2D eigenvalue weighted by atomic mass is 10.0. The summed E-state index contributed by atoms with van der Waals surface area (Å²) in [7, 11) is 0. The van der Waals surface area contributed by atoms with Crippen LogP contribution in [0.1, 0.15) is 28.9 Å². The van der Waals surface area contributed by atoms with Crippen LogP contribution in [0.4, 0.5) is 0 Å². The maximum Gasteiger partial charge on any atom is 0.265 e. The van der Waals surface area contributed by atoms with Gasteiger partial charge in [-0.3, -0.25) is 4.79 Å². The van der Waals surface area contributed by atoms with Gasteiger partial charge >= 0.3 is 0 Å². The molecule has 5 heteroatoms. The van der Waals surface area contributed by atoms with Crippen molar-refractivity contribution in [3.8, 4) is 0 Å². The van der Waals surface area contributed by atoms with Gasteiger partial charge in [0, 0.05) is 22.9 Å². The Hall–Kier alpha value is -0.0600. The predicted molar refractivity (Wildman–Crippen MR) is 71.4 cm³/mol. The maximum atomic E-state index is 12.3. The van der Waals surface area contributed by atoms with Crippen LogP contribution >= 0.6 is 38.9 Å². The summed E-state index contributed by atoms with van der Waals surface area (Å²) >= 11 is 10.8. The van der Waals surface area contributed by atoms with E-state index < -0.39 is 0 Å². The fourth-order valence-corrected chi connectivity index (χ4v) is 3.82. The smallest absolute Gasteiger partial charge is 0.265 e. The lowest BCUT2D eigenvalue weighted by molar-refractivity contribution is 0.0643. The van der Waals surface area contributed by atoms with E-state index in [-0.39, 0.29) is 11.9 Å². The standard InChI is InChI=1S/C11H13BrClNOS/c12-9-4-6-16-10(9)11(15)14-5-2-1-3-8(14)7-13/h4,6,8H,1-3,5,7H2. The molecule has 1 aromatic heterocycles. The van der Waals surface area contributed by atoms with Crippen LogP contribution in [-0.4, -0.2) is 29.3 Å². The fraction of sp³-hybridized carbons (Fsp3) is 0.545. The third-order valence-corrected chi connectivity index (χ3v) is 5.06. The van der Waals surface area contributed by atoms with E-state index in [2.05, 4.69) is 15.9 Å². The highest BCUT2D eigenvalue weighted by Gasteiger charge is 2.28. The number of amides is 1. The molecule has 0 aliphatic carbocycles. The number of alkyl halides is 1. The molecule has 0 radical (unpaired) electrons. The zero-order chi connectivity index (χ0) is 11.5. The van der Waals surface area contributed by atoms with Gasteiger partial charge in [0.1, 0.15) is 4.88 Å². The molecule has 1 amide bonds. The van der Waals surface area contributed by atoms with Crippen molar-refractivity contribution in [2.45, 2.75) is 25.3 Å². The van der Waals surface area contributed by atoms with Crippen LogP contribution in [0.5, 0.6) is 0 Å². The van der Waals surface area contributed by atoms with E-state index in [4.69, 9.17) is 11.6 Å². The molecule has 2 rings (SSSR count). The predicted octanol–water partition coefficient (Wildman–Crippen LogP) is 3.74. The molecule has 0 aromatic carbocycles. The quantitative estimate of drug-likeness (QED) is 0.760. The number of thiophene rings is 1. The summed E-state index contributed by atoms with van der Waals surface area (Å²) in [5.41, 5.74) is 0. The van der Waals surface area contributed by atoms with Gasteiger partial charge in [-0.05, 0) is 46.6 Å². The van der Waals surface area contributed by atoms with Gasteiger partial charge in [0.25, 0.3) is 5.91 Å². The van der Waals surface area contributed by atoms with Crippen LogP contribution in [0.2, 0.25) is 0 Å². The molecule has 88 valence electrons. The molecule has 0 saturated carbocycles. The zero-order valence-corrected chi connectivity index (χ0v) is 11.9. The van der Waals surface area contributed by atoms with Gasteiger partial charge < -0.3 is 4.90 Å². The average molecular weight is 323 g/mol. The van der Waals surface area contributed by atoms with Crippen LogP contribution in [0.25, 0.3) is 0 Å². The minimum Gasteiger partial charge on any atom is -0.334 e. The molecule has 0 spiro atoms. The Morgan fingerprint density at radius 3 is 3.06 bits per heavy atom. The Morgan fingerprint density at radius 2 is 2.44 bits per heavy atom. The molecule has 0 N–H and O–H groups in total. The van der Waals surface area contributed by atoms with Crippen LogP contribution in [-0.2, 0) is 0 Å². The van der Waals surface area contributed by atoms with Gasteiger partial charge in [0.15, 0.2) is 0 Å². The van der Waals surface area contributed by atoms with E-state index in [0.717, 1.165) is 28.7 Å². The highest BCUT2D eigenvalue weighted by molar-refractivity contribution is 9.10. The minimum atomic E-state index is 0.118. The molecule has 1 aliphatic rings. The van der Waals surface area contributed by atoms with Gasteiger partial charge in [0.05, 0.1) is 0 Å². The van der Waals surface area contributed by atoms with Crippen LogP contribution in [0.15, 0.2) is 15.9 Å². The molecule has 1 fully saturated rings. The Bertz CT molecular complexity index is 382. The van der Waals surface area contributed by atoms with Crippen LogP contribution < -0.4 is 0 Å². The van der Waals surface area contributed by atoms with E-state index >= 15 is 0 Å². The van der Waals surface area contributed by atoms with E-state index in [1.807, 2.05) is 16.3 Å². The summed E-state index contributed by atoms with van der Waals surface area (Å²) in [6, 6.07) is 2.12. The number of carbonyl (C=O) groups is 1. The second kappa shape index (κ2) is 5.52. The monoisotopic (exact) mass is 321 g/mol. The lowest BCUT2D eigenvalue weighted by Crippen LogP contribution is -2.44. The van der Waals surface area contributed by atoms with E-state index in [0.29, 0.717) is 5.88 Å². The molecule has 1 saturated heterocycles. The summed E-state index contributed by atoms with van der Waals surface area (Å²) in [5, 5.41) is 1.93. The summed E-state index contributed by atoms with van der Waals surface area (Å²) in [5.74, 6) is 0.654. The van der Waals surface area contributed by atoms with Crippen molar-refractivity contribution in [2.75, 3.05) is 12.4 Å². The molecule has 2 heterocycles. The van der Waals surface area contributed by atoms with Gasteiger partial charge in [0.2, 0.25) is 0 Å². The molecular formula is C11H13BrClNOS. The SMILES string of the molecule is O=C(c1sccc1Br)N1CCCCC1CCl. The number of carbonyl (C=O) groups excluding carboxylic acids is 1. The fourth-order valence-electron chi connectivity index (χ4n) is 2.01. The van der Waals surface area contributed by atoms with Crippen molar-refractivity contribution in [3.05, 3.63) is 20.8 Å². The number of rotatable bonds is 2. The molecule has 0 bridgehead atoms. The molecule has 1 aliphatic heterocycles. The second-order valence-corrected chi connectivity index (χ2v) is 5.98. The van der Waals surface area contributed by atoms with E-state index in [9.17, 15) is 4.79 Å². The minimum absolute atomic E-state index is 0.118. The van der Waals surface area contributed by atoms with Crippen molar-refractivity contribution < 1.29 is 4.79 Å². The first-order valence-electron chi connectivity index (χ1n) is 5.34. The largest absolute Gasteiger partial charge is 0.334 e. The summed E-state index contributed by atoms with van der Waals surface area (Å²) in [6.45, 7) is 0.834. The first kappa shape index (κ1) is 12.4. The summed E-state index contributed by atoms with van der Waals surface area (Å²) in [6.07, 6.45) is 3.28. The number of likely N-dealkylation sites (tertiary alicyclic amines) is 1. The van der Waals surface area contributed by atoms with Crippen molar-refractivity contribution in [2.24, 2.45) is 0 Å². The second-order valence-electron chi connectivity index (χ2n) is 3.90. The van der Waals surface area contributed by atoms with Gasteiger partial charge in [-0.25, -0.2) is 0 Å². The molecule has 16 heavy (non-hydrogen) atoms. The molecule has 1 aromatic rings. The number of piperidine rings is 1. The third kappa shape index (κ3) is 2.44. The van der Waals surface area contributed by atoms with Gasteiger partial charge in [-0.2, -0.15) is 0 Å². The molecule has 1 atom stereocenters. The first-order valence-corrected chi connectivity index (χ1v) is 7.54. The van der Waals surface area contributed by atoms with E-state index in [1.165, 1.54) is 17.8 Å². The van der Waals surface area contributed by atoms with Crippen LogP contribution in [0.3, 0.4) is 0 Å². The summed E-state index contributed by atoms with van der Waals surface area (Å²) in [4.78, 5) is 15.0. The number of halogens is 2. The topological polar surface area (TPSA) is 20.3 Å². The lowest BCUT2D eigenvalue weighted by Gasteiger charge is -2.34. The number of hydrogen-bond donors (Lipinski definition) is 0. The number of hydrogen-bond acceptors (Lipinski definition) is 2. The Kier molecular flexibility index (Phi) is 4.27. The van der Waals surface area contributed by atoms with Gasteiger partial charge in [-0.1, -0.05) is 0 Å². The highest BCUT2D eigenvalue weighted by atomic mass is 79.9. The van der Waals surface area contributed by atoms with Crippen molar-refractivity contribution >= 4 is 44.8 Å². The normalized spacial score (nSPS) is 21.1. The average Bonchev–Trinajstić information content (AvgIpc) is 2.74. The zero-order valence-electron chi connectivity index (χ0n) is 8.79. The van der Waals surface area contributed by atoms with Crippen molar-refractivity contribution in [1.82, 2.24) is 4.90 Å². The third-order valence-electron chi connectivity index (χ3n) is 2.88. The van der Waals surface area contributed by atoms with Crippen molar-refractivity contribution in [3.63, 3.8) is 0 Å². The summed E-state index contributed by atoms with van der Waals surface area (Å²) < 4.78 is 0.890. The molecule has 1 unspecified atom stereocenters. The van der Waals surface area contributed by atoms with Gasteiger partial charge in [-0.15, -0.1) is 22.9 Å². The Balaban J connectivity index is 2.17. The molecule has 2 nitrogen and oxygen atoms in total. The number of nitrogens with zero attached hydrogens (tertiary/aromatic N) is 1. The van der Waals surface area contributed by atoms with Crippen molar-refractivity contribution in [1.29, 1.82) is 0 Å².